The molecule has 4 aliphatic rings. The number of halogens is 4. The molecule has 0 heterocycles. The second kappa shape index (κ2) is 4.88. The van der Waals surface area contributed by atoms with Crippen LogP contribution in [0.2, 0.25) is 0 Å². The number of hydrogen-bond donors (Lipinski definition) is 1. The van der Waals surface area contributed by atoms with Crippen molar-refractivity contribution in [1.82, 2.24) is 0 Å². The van der Waals surface area contributed by atoms with Crippen LogP contribution in [0.4, 0.5) is 18.9 Å². The molecule has 2 nitrogen and oxygen atoms in total. The van der Waals surface area contributed by atoms with Crippen molar-refractivity contribution in [2.24, 2.45) is 17.3 Å². The van der Waals surface area contributed by atoms with Crippen molar-refractivity contribution in [3.63, 3.8) is 0 Å². The Morgan fingerprint density at radius 3 is 2.35 bits per heavy atom. The molecule has 2 atom stereocenters. The molecule has 5 rings (SSSR count). The van der Waals surface area contributed by atoms with Gasteiger partial charge in [-0.3, -0.25) is 4.79 Å². The Bertz CT molecular complexity index is 679. The van der Waals surface area contributed by atoms with Crippen molar-refractivity contribution in [2.75, 3.05) is 5.32 Å². The molecule has 4 fully saturated rings. The van der Waals surface area contributed by atoms with E-state index in [1.54, 1.807) is 0 Å². The van der Waals surface area contributed by atoms with Crippen LogP contribution in [0, 0.1) is 34.7 Å². The summed E-state index contributed by atoms with van der Waals surface area (Å²) < 4.78 is 40.2. The maximum absolute atomic E-state index is 13.8. The van der Waals surface area contributed by atoms with Crippen molar-refractivity contribution in [3.05, 3.63) is 29.6 Å². The summed E-state index contributed by atoms with van der Waals surface area (Å²) >= 11 is 6.68. The molecular weight excluding hydrogens is 327 g/mol. The number of anilines is 1. The van der Waals surface area contributed by atoms with E-state index in [1.165, 1.54) is 0 Å². The predicted molar refractivity (Wildman–Crippen MR) is 80.6 cm³/mol. The molecule has 1 amide bonds. The van der Waals surface area contributed by atoms with Crippen LogP contribution in [0.1, 0.15) is 38.5 Å². The van der Waals surface area contributed by atoms with E-state index in [1.807, 2.05) is 0 Å². The molecule has 4 saturated carbocycles. The number of alkyl halides is 1. The first-order valence-corrected chi connectivity index (χ1v) is 8.32. The van der Waals surface area contributed by atoms with Crippen LogP contribution >= 0.6 is 11.6 Å². The van der Waals surface area contributed by atoms with Gasteiger partial charge in [-0.25, -0.2) is 13.2 Å². The largest absolute Gasteiger partial charge is 0.323 e. The van der Waals surface area contributed by atoms with Crippen LogP contribution in [0.3, 0.4) is 0 Å². The first-order chi connectivity index (χ1) is 10.8. The van der Waals surface area contributed by atoms with Gasteiger partial charge in [0.25, 0.3) is 0 Å². The molecule has 124 valence electrons. The third-order valence-corrected chi connectivity index (χ3v) is 6.20. The molecule has 6 heteroatoms. The molecule has 0 spiro atoms. The molecule has 0 saturated heterocycles. The fraction of sp³-hybridized carbons (Fsp3) is 0.588. The highest BCUT2D eigenvalue weighted by atomic mass is 35.5. The zero-order valence-corrected chi connectivity index (χ0v) is 13.2. The van der Waals surface area contributed by atoms with E-state index in [4.69, 9.17) is 11.6 Å². The molecule has 23 heavy (non-hydrogen) atoms. The van der Waals surface area contributed by atoms with Crippen LogP contribution in [0.25, 0.3) is 0 Å². The Hall–Kier alpha value is -1.23. The van der Waals surface area contributed by atoms with Crippen molar-refractivity contribution >= 4 is 23.2 Å². The number of amides is 1. The fourth-order valence-corrected chi connectivity index (χ4v) is 5.99. The topological polar surface area (TPSA) is 29.1 Å². The average molecular weight is 344 g/mol. The molecule has 1 aromatic carbocycles. The highest BCUT2D eigenvalue weighted by Gasteiger charge is 2.60. The first-order valence-electron chi connectivity index (χ1n) is 7.94. The Morgan fingerprint density at radius 2 is 1.74 bits per heavy atom. The third kappa shape index (κ3) is 2.35. The van der Waals surface area contributed by atoms with Gasteiger partial charge in [0, 0.05) is 4.87 Å². The number of hydrogen-bond acceptors (Lipinski definition) is 1. The van der Waals surface area contributed by atoms with E-state index in [0.29, 0.717) is 18.3 Å². The summed E-state index contributed by atoms with van der Waals surface area (Å²) in [6.07, 6.45) is 5.03. The SMILES string of the molecule is O=C(Nc1ccc(F)c(F)c1F)C12CC3CC(CC(Cl)(C3)C1)C2. The maximum Gasteiger partial charge on any atom is 0.230 e. The van der Waals surface area contributed by atoms with Gasteiger partial charge >= 0.3 is 0 Å². The number of carbonyl (C=O) groups excluding carboxylic acids is 1. The predicted octanol–water partition coefficient (Wildman–Crippen LogP) is 4.62. The minimum absolute atomic E-state index is 0.312. The smallest absolute Gasteiger partial charge is 0.230 e. The zero-order chi connectivity index (χ0) is 16.4. The van der Waals surface area contributed by atoms with E-state index in [0.717, 1.165) is 44.2 Å². The van der Waals surface area contributed by atoms with Gasteiger partial charge in [0.1, 0.15) is 0 Å². The van der Waals surface area contributed by atoms with Gasteiger partial charge < -0.3 is 5.32 Å². The van der Waals surface area contributed by atoms with Crippen molar-refractivity contribution in [2.45, 2.75) is 43.4 Å². The lowest BCUT2D eigenvalue weighted by Crippen LogP contribution is -2.57. The Labute approximate surface area is 137 Å². The molecule has 0 aliphatic heterocycles. The number of rotatable bonds is 2. The molecule has 0 aromatic heterocycles. The lowest BCUT2D eigenvalue weighted by atomic mass is 9.49. The standard InChI is InChI=1S/C17H17ClF3NO/c18-17-6-9-3-10(7-17)5-16(4-9,8-17)15(23)22-12-2-1-11(19)13(20)14(12)21/h1-2,9-10H,3-8H2,(H,22,23). The minimum Gasteiger partial charge on any atom is -0.323 e. The van der Waals surface area contributed by atoms with Crippen LogP contribution in [0.5, 0.6) is 0 Å². The second-order valence-corrected chi connectivity index (χ2v) is 8.37. The average Bonchev–Trinajstić information content (AvgIpc) is 2.45. The van der Waals surface area contributed by atoms with E-state index < -0.39 is 22.9 Å². The Kier molecular flexibility index (Phi) is 3.25. The normalized spacial score (nSPS) is 37.9. The summed E-state index contributed by atoms with van der Waals surface area (Å²) in [4.78, 5) is 12.5. The number of carbonyl (C=O) groups is 1. The molecule has 1 N–H and O–H groups in total. The number of benzene rings is 1. The van der Waals surface area contributed by atoms with Gasteiger partial charge in [-0.05, 0) is 62.5 Å². The summed E-state index contributed by atoms with van der Waals surface area (Å²) in [7, 11) is 0. The molecule has 1 aromatic rings. The fourth-order valence-electron chi connectivity index (χ4n) is 5.29. The summed E-state index contributed by atoms with van der Waals surface area (Å²) in [5, 5.41) is 2.47. The molecule has 4 aliphatic carbocycles. The van der Waals surface area contributed by atoms with Crippen molar-refractivity contribution in [3.8, 4) is 0 Å². The maximum atomic E-state index is 13.8. The molecule has 0 radical (unpaired) electrons. The van der Waals surface area contributed by atoms with Crippen LogP contribution in [-0.2, 0) is 4.79 Å². The Balaban J connectivity index is 1.61. The van der Waals surface area contributed by atoms with Crippen LogP contribution in [-0.4, -0.2) is 10.8 Å². The van der Waals surface area contributed by atoms with Gasteiger partial charge in [-0.1, -0.05) is 0 Å². The van der Waals surface area contributed by atoms with Gasteiger partial charge in [-0.15, -0.1) is 11.6 Å². The first kappa shape index (κ1) is 15.3. The summed E-state index contributed by atoms with van der Waals surface area (Å²) in [5.41, 5.74) is -0.920. The second-order valence-electron chi connectivity index (χ2n) is 7.57. The molecule has 4 bridgehead atoms. The van der Waals surface area contributed by atoms with Gasteiger partial charge in [0.2, 0.25) is 5.91 Å². The van der Waals surface area contributed by atoms with Gasteiger partial charge in [-0.2, -0.15) is 0 Å². The highest BCUT2D eigenvalue weighted by molar-refractivity contribution is 6.24. The third-order valence-electron chi connectivity index (χ3n) is 5.75. The summed E-state index contributed by atoms with van der Waals surface area (Å²) in [6, 6.07) is 1.87. The Morgan fingerprint density at radius 1 is 1.09 bits per heavy atom. The van der Waals surface area contributed by atoms with E-state index in [-0.39, 0.29) is 16.5 Å². The summed E-state index contributed by atoms with van der Waals surface area (Å²) in [6.45, 7) is 0. The van der Waals surface area contributed by atoms with Gasteiger partial charge in [0.15, 0.2) is 17.5 Å². The van der Waals surface area contributed by atoms with Crippen LogP contribution in [0.15, 0.2) is 12.1 Å². The van der Waals surface area contributed by atoms with Crippen molar-refractivity contribution in [1.29, 1.82) is 0 Å². The van der Waals surface area contributed by atoms with E-state index in [9.17, 15) is 18.0 Å². The van der Waals surface area contributed by atoms with Crippen LogP contribution < -0.4 is 5.32 Å². The van der Waals surface area contributed by atoms with E-state index in [2.05, 4.69) is 5.32 Å². The quantitative estimate of drug-likeness (QED) is 0.616. The lowest BCUT2D eigenvalue weighted by Gasteiger charge is -2.59. The van der Waals surface area contributed by atoms with E-state index >= 15 is 0 Å². The molecular formula is C17H17ClF3NO. The summed E-state index contributed by atoms with van der Waals surface area (Å²) in [5.74, 6) is -3.66. The monoisotopic (exact) mass is 343 g/mol. The zero-order valence-electron chi connectivity index (χ0n) is 12.5. The minimum atomic E-state index is -1.57. The number of nitrogens with one attached hydrogen (secondary N) is 1. The van der Waals surface area contributed by atoms with Crippen molar-refractivity contribution < 1.29 is 18.0 Å². The lowest BCUT2D eigenvalue weighted by molar-refractivity contribution is -0.138. The molecule has 2 unspecified atom stereocenters. The highest BCUT2D eigenvalue weighted by Crippen LogP contribution is 2.64. The van der Waals surface area contributed by atoms with Gasteiger partial charge in [0.05, 0.1) is 11.1 Å².